The Hall–Kier alpha value is -2.37. The number of ketones is 1. The van der Waals surface area contributed by atoms with Gasteiger partial charge in [0.25, 0.3) is 13.1 Å². The highest BCUT2D eigenvalue weighted by Gasteiger charge is 2.27. The number of nitrogens with zero attached hydrogens (tertiary/aromatic N) is 3. The minimum atomic E-state index is -3.50. The second kappa shape index (κ2) is 10.5. The van der Waals surface area contributed by atoms with Crippen LogP contribution in [-0.4, -0.2) is 44.3 Å². The molecule has 0 aliphatic carbocycles. The van der Waals surface area contributed by atoms with E-state index in [0.29, 0.717) is 12.2 Å². The SMILES string of the molecule is CC(=O)[C@H](C)NP(=O)(COCCn1cnc2c(=O)[nH]c(N)nc21)OCc1cccc(Br)c1. The highest BCUT2D eigenvalue weighted by molar-refractivity contribution is 9.10. The summed E-state index contributed by atoms with van der Waals surface area (Å²) in [6.45, 7) is 3.53. The number of benzene rings is 1. The molecule has 0 bridgehead atoms. The second-order valence-electron chi connectivity index (χ2n) is 7.14. The van der Waals surface area contributed by atoms with E-state index in [-0.39, 0.29) is 36.8 Å². The summed E-state index contributed by atoms with van der Waals surface area (Å²) < 4.78 is 27.1. The van der Waals surface area contributed by atoms with Crippen molar-refractivity contribution in [1.29, 1.82) is 0 Å². The second-order valence-corrected chi connectivity index (χ2v) is 10.2. The Labute approximate surface area is 192 Å². The minimum absolute atomic E-state index is 0.0157. The summed E-state index contributed by atoms with van der Waals surface area (Å²) in [6, 6.07) is 6.75. The van der Waals surface area contributed by atoms with Crippen LogP contribution in [0.2, 0.25) is 0 Å². The van der Waals surface area contributed by atoms with Gasteiger partial charge in [-0.2, -0.15) is 4.98 Å². The van der Waals surface area contributed by atoms with Crippen molar-refractivity contribution in [2.45, 2.75) is 33.0 Å². The maximum Gasteiger partial charge on any atom is 0.295 e. The van der Waals surface area contributed by atoms with E-state index in [9.17, 15) is 14.2 Å². The molecule has 11 nitrogen and oxygen atoms in total. The number of imidazole rings is 1. The van der Waals surface area contributed by atoms with E-state index in [0.717, 1.165) is 10.0 Å². The van der Waals surface area contributed by atoms with Crippen LogP contribution in [0.4, 0.5) is 5.95 Å². The monoisotopic (exact) mass is 526 g/mol. The fourth-order valence-corrected chi connectivity index (χ4v) is 4.95. The van der Waals surface area contributed by atoms with Gasteiger partial charge in [-0.3, -0.25) is 19.1 Å². The van der Waals surface area contributed by atoms with Gasteiger partial charge in [0.05, 0.1) is 25.6 Å². The number of carbonyl (C=O) groups excluding carboxylic acids is 1. The lowest BCUT2D eigenvalue weighted by atomic mass is 10.2. The van der Waals surface area contributed by atoms with Crippen LogP contribution in [0.1, 0.15) is 19.4 Å². The molecule has 172 valence electrons. The van der Waals surface area contributed by atoms with E-state index >= 15 is 0 Å². The number of ether oxygens (including phenoxy) is 1. The summed E-state index contributed by atoms with van der Waals surface area (Å²) in [5.74, 6) is -0.187. The molecule has 1 aromatic carbocycles. The molecule has 3 rings (SSSR count). The molecule has 2 atom stereocenters. The van der Waals surface area contributed by atoms with E-state index in [4.69, 9.17) is 15.0 Å². The van der Waals surface area contributed by atoms with Crippen LogP contribution in [0.25, 0.3) is 11.2 Å². The topological polar surface area (TPSA) is 154 Å². The van der Waals surface area contributed by atoms with Gasteiger partial charge in [-0.05, 0) is 31.5 Å². The molecule has 0 saturated carbocycles. The van der Waals surface area contributed by atoms with Gasteiger partial charge in [0, 0.05) is 11.0 Å². The summed E-state index contributed by atoms with van der Waals surface area (Å²) in [5, 5.41) is 2.77. The van der Waals surface area contributed by atoms with Gasteiger partial charge in [-0.1, -0.05) is 28.1 Å². The van der Waals surface area contributed by atoms with Crippen LogP contribution in [0.15, 0.2) is 39.9 Å². The summed E-state index contributed by atoms with van der Waals surface area (Å²) in [7, 11) is -3.50. The third-order valence-corrected chi connectivity index (χ3v) is 6.90. The molecule has 0 aliphatic heterocycles. The van der Waals surface area contributed by atoms with Crippen LogP contribution < -0.4 is 16.4 Å². The van der Waals surface area contributed by atoms with Gasteiger partial charge >= 0.3 is 0 Å². The number of hydrogen-bond acceptors (Lipinski definition) is 8. The molecule has 0 spiro atoms. The Bertz CT molecular complexity index is 1210. The normalized spacial score (nSPS) is 14.3. The number of carbonyl (C=O) groups is 1. The summed E-state index contributed by atoms with van der Waals surface area (Å²) in [5.41, 5.74) is 6.47. The van der Waals surface area contributed by atoms with Gasteiger partial charge in [0.15, 0.2) is 11.2 Å². The summed E-state index contributed by atoms with van der Waals surface area (Å²) in [6.07, 6.45) is 1.20. The molecule has 0 amide bonds. The Kier molecular flexibility index (Phi) is 7.96. The zero-order chi connectivity index (χ0) is 23.3. The van der Waals surface area contributed by atoms with Crippen molar-refractivity contribution in [1.82, 2.24) is 24.6 Å². The predicted molar refractivity (Wildman–Crippen MR) is 123 cm³/mol. The van der Waals surface area contributed by atoms with Crippen LogP contribution in [-0.2, 0) is 31.8 Å². The van der Waals surface area contributed by atoms with Gasteiger partial charge in [-0.25, -0.2) is 10.1 Å². The molecule has 32 heavy (non-hydrogen) atoms. The first-order valence-electron chi connectivity index (χ1n) is 9.71. The number of halogens is 1. The Morgan fingerprint density at radius 1 is 1.44 bits per heavy atom. The third-order valence-electron chi connectivity index (χ3n) is 4.56. The average molecular weight is 527 g/mol. The number of fused-ring (bicyclic) bond motifs is 1. The predicted octanol–water partition coefficient (Wildman–Crippen LogP) is 2.42. The Morgan fingerprint density at radius 2 is 2.22 bits per heavy atom. The molecule has 2 heterocycles. The van der Waals surface area contributed by atoms with Crippen molar-refractivity contribution < 1.29 is 18.6 Å². The van der Waals surface area contributed by atoms with Crippen molar-refractivity contribution in [2.24, 2.45) is 0 Å². The van der Waals surface area contributed by atoms with E-state index in [1.54, 1.807) is 11.5 Å². The maximum atomic E-state index is 13.3. The van der Waals surface area contributed by atoms with Gasteiger partial charge in [0.1, 0.15) is 12.1 Å². The number of H-pyrrole nitrogens is 1. The standard InChI is InChI=1S/C19H24BrN6O5P/c1-12(13(2)27)25-32(29,31-9-14-4-3-5-15(20)8-14)11-30-7-6-26-10-22-16-17(26)23-19(21)24-18(16)28/h3-5,8,10,12H,6-7,9,11H2,1-2H3,(H,25,29)(H3,21,23,24,28)/t12-,32?/m0/s1. The van der Waals surface area contributed by atoms with Crippen LogP contribution in [0.3, 0.4) is 0 Å². The average Bonchev–Trinajstić information content (AvgIpc) is 3.13. The first kappa shape index (κ1) is 24.3. The fraction of sp³-hybridized carbons (Fsp3) is 0.368. The molecule has 0 radical (unpaired) electrons. The molecule has 0 aliphatic rings. The first-order valence-corrected chi connectivity index (χ1v) is 12.3. The number of Topliss-reactive ketones (excluding diaryl/α,β-unsaturated/α-hetero) is 1. The highest BCUT2D eigenvalue weighted by Crippen LogP contribution is 2.44. The smallest absolute Gasteiger partial charge is 0.295 e. The van der Waals surface area contributed by atoms with Crippen LogP contribution in [0.5, 0.6) is 0 Å². The lowest BCUT2D eigenvalue weighted by Gasteiger charge is -2.22. The zero-order valence-corrected chi connectivity index (χ0v) is 20.1. The first-order chi connectivity index (χ1) is 15.2. The van der Waals surface area contributed by atoms with Crippen molar-refractivity contribution >= 4 is 46.3 Å². The van der Waals surface area contributed by atoms with Crippen molar-refractivity contribution in [3.8, 4) is 0 Å². The lowest BCUT2D eigenvalue weighted by Crippen LogP contribution is -2.32. The van der Waals surface area contributed by atoms with Crippen molar-refractivity contribution in [3.05, 3.63) is 51.0 Å². The Morgan fingerprint density at radius 3 is 2.94 bits per heavy atom. The molecule has 0 fully saturated rings. The van der Waals surface area contributed by atoms with E-state index in [2.05, 4.69) is 36.0 Å². The largest absolute Gasteiger partial charge is 0.369 e. The number of aromatic amines is 1. The number of anilines is 1. The molecule has 3 aromatic rings. The fourth-order valence-electron chi connectivity index (χ4n) is 2.79. The zero-order valence-electron chi connectivity index (χ0n) is 17.6. The summed E-state index contributed by atoms with van der Waals surface area (Å²) in [4.78, 5) is 34.0. The number of nitrogen functional groups attached to an aromatic ring is 1. The molecule has 2 aromatic heterocycles. The van der Waals surface area contributed by atoms with Crippen LogP contribution >= 0.6 is 23.4 Å². The van der Waals surface area contributed by atoms with E-state index in [1.807, 2.05) is 24.3 Å². The third kappa shape index (κ3) is 6.33. The number of nitrogens with two attached hydrogens (primary N) is 1. The van der Waals surface area contributed by atoms with Gasteiger partial charge < -0.3 is 19.6 Å². The van der Waals surface area contributed by atoms with Crippen molar-refractivity contribution in [2.75, 3.05) is 18.7 Å². The quantitative estimate of drug-likeness (QED) is 0.252. The maximum absolute atomic E-state index is 13.3. The number of hydrogen-bond donors (Lipinski definition) is 3. The van der Waals surface area contributed by atoms with Gasteiger partial charge in [-0.15, -0.1) is 0 Å². The molecular weight excluding hydrogens is 503 g/mol. The highest BCUT2D eigenvalue weighted by atomic mass is 79.9. The molecule has 0 saturated heterocycles. The molecular formula is C19H24BrN6O5P. The number of nitrogens with one attached hydrogen (secondary N) is 2. The van der Waals surface area contributed by atoms with E-state index in [1.165, 1.54) is 13.3 Å². The molecule has 1 unspecified atom stereocenters. The summed E-state index contributed by atoms with van der Waals surface area (Å²) >= 11 is 3.39. The lowest BCUT2D eigenvalue weighted by molar-refractivity contribution is -0.118. The molecule has 13 heteroatoms. The Balaban J connectivity index is 1.63. The van der Waals surface area contributed by atoms with Crippen LogP contribution in [0, 0.1) is 0 Å². The minimum Gasteiger partial charge on any atom is -0.369 e. The number of rotatable bonds is 11. The van der Waals surface area contributed by atoms with Crippen molar-refractivity contribution in [3.63, 3.8) is 0 Å². The molecule has 4 N–H and O–H groups in total. The van der Waals surface area contributed by atoms with Gasteiger partial charge in [0.2, 0.25) is 5.95 Å². The number of aromatic nitrogens is 4. The van der Waals surface area contributed by atoms with E-state index < -0.39 is 19.1 Å².